The molecule has 2 radical (unpaired) electrons. The average molecular weight is 373 g/mol. The highest BCUT2D eigenvalue weighted by molar-refractivity contribution is 6.32. The third-order valence-electron chi connectivity index (χ3n) is 6.33. The number of ketones is 1. The van der Waals surface area contributed by atoms with Crippen LogP contribution in [0.4, 0.5) is 0 Å². The van der Waals surface area contributed by atoms with Gasteiger partial charge in [0.1, 0.15) is 13.6 Å². The van der Waals surface area contributed by atoms with Gasteiger partial charge in [-0.3, -0.25) is 4.79 Å². The second-order valence-electron chi connectivity index (χ2n) is 8.46. The molecule has 0 aromatic heterocycles. The van der Waals surface area contributed by atoms with Gasteiger partial charge in [-0.1, -0.05) is 60.8 Å². The fraction of sp³-hybridized carbons (Fsp3) is 0.480. The van der Waals surface area contributed by atoms with Crippen LogP contribution in [0.3, 0.4) is 0 Å². The summed E-state index contributed by atoms with van der Waals surface area (Å²) in [5.41, 5.74) is 11.5. The van der Waals surface area contributed by atoms with Gasteiger partial charge in [-0.05, 0) is 66.7 Å². The highest BCUT2D eigenvalue weighted by Crippen LogP contribution is 2.36. The molecule has 3 heteroatoms. The molecule has 0 bridgehead atoms. The number of rotatable bonds is 7. The second kappa shape index (κ2) is 10.1. The summed E-state index contributed by atoms with van der Waals surface area (Å²) in [6.45, 7) is 2.64. The van der Waals surface area contributed by atoms with E-state index in [1.807, 2.05) is 25.1 Å². The molecule has 146 valence electrons. The zero-order chi connectivity index (χ0) is 19.9. The summed E-state index contributed by atoms with van der Waals surface area (Å²) in [4.78, 5) is 12.5. The van der Waals surface area contributed by atoms with Crippen molar-refractivity contribution in [2.45, 2.75) is 70.8 Å². The molecule has 0 spiro atoms. The molecule has 1 fully saturated rings. The molecule has 0 aliphatic heterocycles. The van der Waals surface area contributed by atoms with Crippen molar-refractivity contribution in [2.75, 3.05) is 0 Å². The lowest BCUT2D eigenvalue weighted by atomic mass is 9.88. The van der Waals surface area contributed by atoms with Crippen LogP contribution >= 0.6 is 0 Å². The first-order chi connectivity index (χ1) is 13.5. The first-order valence-electron chi connectivity index (χ1n) is 10.7. The van der Waals surface area contributed by atoms with Gasteiger partial charge < -0.3 is 5.73 Å². The zero-order valence-corrected chi connectivity index (χ0v) is 17.1. The van der Waals surface area contributed by atoms with E-state index in [1.54, 1.807) is 0 Å². The predicted molar refractivity (Wildman–Crippen MR) is 118 cm³/mol. The van der Waals surface area contributed by atoms with E-state index in [2.05, 4.69) is 24.3 Å². The maximum atomic E-state index is 12.5. The van der Waals surface area contributed by atoms with Crippen molar-refractivity contribution in [2.24, 2.45) is 11.7 Å². The Kier molecular flexibility index (Phi) is 7.50. The molecule has 1 aliphatic carbocycles. The molecule has 2 nitrogen and oxygen atoms in total. The number of carbonyl (C=O) groups excluding carboxylic acids is 1. The first kappa shape index (κ1) is 20.9. The summed E-state index contributed by atoms with van der Waals surface area (Å²) in [7, 11) is 5.81. The molecule has 28 heavy (non-hydrogen) atoms. The van der Waals surface area contributed by atoms with Crippen molar-refractivity contribution in [1.29, 1.82) is 0 Å². The molecule has 2 N–H and O–H groups in total. The topological polar surface area (TPSA) is 43.1 Å². The molecule has 3 rings (SSSR count). The maximum Gasteiger partial charge on any atom is 0.137 e. The standard InChI is InChI=1S/C25H32BNO/c1-18-14-24(26)12-11-22(18)16-25(28)13-9-19-4-2-6-21(10-8-19)23-7-3-5-20(15-23)17-27/h3,5,7,11-12,14-15,19,21H,2,4,6,8-10,13,16-17,27H2,1H3. The van der Waals surface area contributed by atoms with Crippen molar-refractivity contribution in [3.8, 4) is 0 Å². The lowest BCUT2D eigenvalue weighted by molar-refractivity contribution is -0.118. The minimum atomic E-state index is 0.351. The molecule has 0 saturated heterocycles. The molecule has 2 aromatic rings. The molecule has 0 heterocycles. The number of nitrogens with two attached hydrogens (primary N) is 1. The van der Waals surface area contributed by atoms with Crippen LogP contribution in [-0.2, 0) is 17.8 Å². The van der Waals surface area contributed by atoms with Crippen molar-refractivity contribution < 1.29 is 4.79 Å². The van der Waals surface area contributed by atoms with Crippen molar-refractivity contribution in [3.05, 3.63) is 64.7 Å². The first-order valence-corrected chi connectivity index (χ1v) is 10.7. The number of carbonyl (C=O) groups is 1. The Bertz CT molecular complexity index is 801. The minimum Gasteiger partial charge on any atom is -0.326 e. The van der Waals surface area contributed by atoms with Crippen LogP contribution in [0.1, 0.15) is 73.1 Å². The third kappa shape index (κ3) is 5.81. The monoisotopic (exact) mass is 373 g/mol. The maximum absolute atomic E-state index is 12.5. The van der Waals surface area contributed by atoms with E-state index in [9.17, 15) is 4.79 Å². The van der Waals surface area contributed by atoms with Crippen LogP contribution in [0.15, 0.2) is 42.5 Å². The Hall–Kier alpha value is -1.87. The van der Waals surface area contributed by atoms with E-state index in [0.717, 1.165) is 23.0 Å². The zero-order valence-electron chi connectivity index (χ0n) is 17.1. The molecule has 1 saturated carbocycles. The summed E-state index contributed by atoms with van der Waals surface area (Å²) in [5.74, 6) is 1.67. The lowest BCUT2D eigenvalue weighted by Gasteiger charge is -2.16. The predicted octanol–water partition coefficient (Wildman–Crippen LogP) is 4.50. The number of hydrogen-bond acceptors (Lipinski definition) is 2. The fourth-order valence-corrected chi connectivity index (χ4v) is 4.56. The second-order valence-corrected chi connectivity index (χ2v) is 8.46. The normalized spacial score (nSPS) is 19.9. The van der Waals surface area contributed by atoms with Gasteiger partial charge in [-0.15, -0.1) is 0 Å². The number of aryl methyl sites for hydroxylation is 1. The summed E-state index contributed by atoms with van der Waals surface area (Å²) in [5, 5.41) is 0. The van der Waals surface area contributed by atoms with Crippen LogP contribution in [0.5, 0.6) is 0 Å². The average Bonchev–Trinajstić information content (AvgIpc) is 2.94. The van der Waals surface area contributed by atoms with Crippen molar-refractivity contribution >= 4 is 19.1 Å². The summed E-state index contributed by atoms with van der Waals surface area (Å²) >= 11 is 0. The Balaban J connectivity index is 1.48. The molecule has 2 unspecified atom stereocenters. The molecular weight excluding hydrogens is 341 g/mol. The Morgan fingerprint density at radius 3 is 2.75 bits per heavy atom. The molecule has 2 atom stereocenters. The number of Topliss-reactive ketones (excluding diaryl/α,β-unsaturated/α-hetero) is 1. The molecule has 1 aliphatic rings. The summed E-state index contributed by atoms with van der Waals surface area (Å²) in [6.07, 6.45) is 8.48. The quantitative estimate of drug-likeness (QED) is 0.574. The summed E-state index contributed by atoms with van der Waals surface area (Å²) in [6, 6.07) is 14.6. The number of hydrogen-bond donors (Lipinski definition) is 1. The van der Waals surface area contributed by atoms with Crippen LogP contribution in [0, 0.1) is 12.8 Å². The van der Waals surface area contributed by atoms with E-state index >= 15 is 0 Å². The Morgan fingerprint density at radius 1 is 1.11 bits per heavy atom. The van der Waals surface area contributed by atoms with Crippen LogP contribution < -0.4 is 11.2 Å². The van der Waals surface area contributed by atoms with Crippen LogP contribution in [0.25, 0.3) is 0 Å². The number of benzene rings is 2. The minimum absolute atomic E-state index is 0.351. The van der Waals surface area contributed by atoms with E-state index < -0.39 is 0 Å². The van der Waals surface area contributed by atoms with Crippen LogP contribution in [0.2, 0.25) is 0 Å². The molecule has 0 amide bonds. The SMILES string of the molecule is [B]c1ccc(CC(=O)CCC2CCCC(c3cccc(CN)c3)CC2)c(C)c1. The van der Waals surface area contributed by atoms with Gasteiger partial charge in [0.15, 0.2) is 0 Å². The highest BCUT2D eigenvalue weighted by Gasteiger charge is 2.21. The van der Waals surface area contributed by atoms with Gasteiger partial charge in [0, 0.05) is 19.4 Å². The highest BCUT2D eigenvalue weighted by atomic mass is 16.1. The summed E-state index contributed by atoms with van der Waals surface area (Å²) < 4.78 is 0. The fourth-order valence-electron chi connectivity index (χ4n) is 4.56. The van der Waals surface area contributed by atoms with Crippen molar-refractivity contribution in [3.63, 3.8) is 0 Å². The van der Waals surface area contributed by atoms with E-state index in [0.29, 0.717) is 37.0 Å². The van der Waals surface area contributed by atoms with Gasteiger partial charge in [0.25, 0.3) is 0 Å². The van der Waals surface area contributed by atoms with Gasteiger partial charge in [-0.25, -0.2) is 0 Å². The van der Waals surface area contributed by atoms with Gasteiger partial charge in [0.2, 0.25) is 0 Å². The van der Waals surface area contributed by atoms with E-state index in [-0.39, 0.29) is 0 Å². The Morgan fingerprint density at radius 2 is 1.96 bits per heavy atom. The third-order valence-corrected chi connectivity index (χ3v) is 6.33. The largest absolute Gasteiger partial charge is 0.326 e. The van der Waals surface area contributed by atoms with E-state index in [1.165, 1.54) is 43.2 Å². The smallest absolute Gasteiger partial charge is 0.137 e. The van der Waals surface area contributed by atoms with Crippen LogP contribution in [-0.4, -0.2) is 13.6 Å². The van der Waals surface area contributed by atoms with Crippen molar-refractivity contribution in [1.82, 2.24) is 0 Å². The van der Waals surface area contributed by atoms with Gasteiger partial charge in [-0.2, -0.15) is 0 Å². The molecular formula is C25H32BNO. The van der Waals surface area contributed by atoms with Gasteiger partial charge in [0.05, 0.1) is 0 Å². The molecule has 2 aromatic carbocycles. The van der Waals surface area contributed by atoms with Gasteiger partial charge >= 0.3 is 0 Å². The lowest BCUT2D eigenvalue weighted by Crippen LogP contribution is -2.10. The van der Waals surface area contributed by atoms with E-state index in [4.69, 9.17) is 13.6 Å². The Labute approximate surface area is 171 Å².